The molecule has 3 heterocycles. The number of fused-ring (bicyclic) bond motifs is 2. The summed E-state index contributed by atoms with van der Waals surface area (Å²) in [5, 5.41) is 14.5. The number of carboxylic acids is 1. The third-order valence-electron chi connectivity index (χ3n) is 7.85. The number of hydrogen-bond donors (Lipinski definition) is 3. The number of halogens is 2. The third kappa shape index (κ3) is 4.40. The lowest BCUT2D eigenvalue weighted by molar-refractivity contribution is 0.0695. The number of piperazine rings is 1. The zero-order valence-corrected chi connectivity index (χ0v) is 21.4. The quantitative estimate of drug-likeness (QED) is 0.324. The van der Waals surface area contributed by atoms with Crippen LogP contribution in [0.2, 0.25) is 5.02 Å². The molecule has 1 saturated heterocycles. The van der Waals surface area contributed by atoms with Gasteiger partial charge in [0.25, 0.3) is 0 Å². The highest BCUT2D eigenvalue weighted by Gasteiger charge is 2.51. The van der Waals surface area contributed by atoms with E-state index in [-0.39, 0.29) is 10.9 Å². The van der Waals surface area contributed by atoms with E-state index >= 15 is 4.39 Å². The van der Waals surface area contributed by atoms with Gasteiger partial charge in [-0.1, -0.05) is 11.6 Å². The van der Waals surface area contributed by atoms with E-state index < -0.39 is 22.8 Å². The van der Waals surface area contributed by atoms with E-state index in [1.54, 1.807) is 12.3 Å². The van der Waals surface area contributed by atoms with Gasteiger partial charge in [-0.2, -0.15) is 0 Å². The van der Waals surface area contributed by atoms with Gasteiger partial charge in [-0.3, -0.25) is 19.6 Å². The van der Waals surface area contributed by atoms with Crippen molar-refractivity contribution in [2.45, 2.75) is 18.4 Å². The standard InChI is InChI=1S/C28H27ClFN5O3/c29-17-1-2-18-23(3-6-31-24(18)13-17)32-7-8-34-9-11-35(12-10-34)28(4-5-28)21-15-25-19(14-22(21)30)26(36)20(16-33-25)27(37)38/h1-3,6,13-16H,4-5,7-12H2,(H,31,32)(H,33,36)(H,37,38). The molecule has 8 nitrogen and oxygen atoms in total. The average molecular weight is 536 g/mol. The number of pyridine rings is 2. The lowest BCUT2D eigenvalue weighted by Crippen LogP contribution is -2.51. The molecular formula is C28H27ClFN5O3. The van der Waals surface area contributed by atoms with Gasteiger partial charge in [0.15, 0.2) is 0 Å². The molecule has 2 aromatic heterocycles. The van der Waals surface area contributed by atoms with Gasteiger partial charge in [-0.05, 0) is 49.2 Å². The minimum atomic E-state index is -1.33. The number of carboxylic acid groups (broad SMARTS) is 1. The van der Waals surface area contributed by atoms with Crippen LogP contribution in [0.15, 0.2) is 53.6 Å². The molecule has 38 heavy (non-hydrogen) atoms. The van der Waals surface area contributed by atoms with Crippen LogP contribution in [0.3, 0.4) is 0 Å². The van der Waals surface area contributed by atoms with Crippen LogP contribution in [0.4, 0.5) is 10.1 Å². The highest BCUT2D eigenvalue weighted by molar-refractivity contribution is 6.31. The Hall–Kier alpha value is -3.53. The molecular weight excluding hydrogens is 509 g/mol. The van der Waals surface area contributed by atoms with Gasteiger partial charge in [0.05, 0.1) is 5.52 Å². The van der Waals surface area contributed by atoms with Crippen LogP contribution >= 0.6 is 11.6 Å². The van der Waals surface area contributed by atoms with Crippen LogP contribution in [0.5, 0.6) is 0 Å². The summed E-state index contributed by atoms with van der Waals surface area (Å²) < 4.78 is 15.3. The first-order valence-electron chi connectivity index (χ1n) is 12.7. The largest absolute Gasteiger partial charge is 0.477 e. The second-order valence-electron chi connectivity index (χ2n) is 10.0. The molecule has 0 amide bonds. The Bertz CT molecular complexity index is 1610. The maximum atomic E-state index is 15.3. The van der Waals surface area contributed by atoms with Gasteiger partial charge in [0, 0.05) is 89.8 Å². The lowest BCUT2D eigenvalue weighted by Gasteiger charge is -2.40. The molecule has 3 N–H and O–H groups in total. The lowest BCUT2D eigenvalue weighted by atomic mass is 9.98. The molecule has 196 valence electrons. The first kappa shape index (κ1) is 24.8. The summed E-state index contributed by atoms with van der Waals surface area (Å²) in [4.78, 5) is 35.8. The summed E-state index contributed by atoms with van der Waals surface area (Å²) >= 11 is 6.10. The third-order valence-corrected chi connectivity index (χ3v) is 8.08. The van der Waals surface area contributed by atoms with Crippen molar-refractivity contribution in [3.63, 3.8) is 0 Å². The molecule has 0 atom stereocenters. The summed E-state index contributed by atoms with van der Waals surface area (Å²) in [6.07, 6.45) is 4.67. The van der Waals surface area contributed by atoms with Crippen LogP contribution in [0.25, 0.3) is 21.8 Å². The maximum Gasteiger partial charge on any atom is 0.341 e. The van der Waals surface area contributed by atoms with Crippen molar-refractivity contribution >= 4 is 45.1 Å². The molecule has 1 aliphatic carbocycles. The topological polar surface area (TPSA) is 102 Å². The van der Waals surface area contributed by atoms with E-state index in [9.17, 15) is 14.7 Å². The Labute approximate surface area is 223 Å². The van der Waals surface area contributed by atoms with Crippen LogP contribution in [-0.2, 0) is 5.54 Å². The van der Waals surface area contributed by atoms with Crippen molar-refractivity contribution in [2.24, 2.45) is 0 Å². The number of nitrogens with zero attached hydrogens (tertiary/aromatic N) is 3. The first-order chi connectivity index (χ1) is 18.4. The van der Waals surface area contributed by atoms with Gasteiger partial charge in [-0.15, -0.1) is 0 Å². The molecule has 4 aromatic rings. The molecule has 0 unspecified atom stereocenters. The Kier molecular flexibility index (Phi) is 6.29. The van der Waals surface area contributed by atoms with Crippen LogP contribution in [0, 0.1) is 5.82 Å². The van der Waals surface area contributed by atoms with Crippen LogP contribution in [0.1, 0.15) is 28.8 Å². The number of aromatic nitrogens is 2. The average Bonchev–Trinajstić information content (AvgIpc) is 3.71. The molecule has 10 heteroatoms. The molecule has 1 aliphatic heterocycles. The Morgan fingerprint density at radius 3 is 2.66 bits per heavy atom. The summed E-state index contributed by atoms with van der Waals surface area (Å²) in [7, 11) is 0. The minimum absolute atomic E-state index is 0.0596. The summed E-state index contributed by atoms with van der Waals surface area (Å²) in [6.45, 7) is 5.08. The number of rotatable bonds is 7. The fraction of sp³-hybridized carbons (Fsp3) is 0.321. The molecule has 0 bridgehead atoms. The molecule has 2 aliphatic rings. The van der Waals surface area contributed by atoms with Crippen molar-refractivity contribution in [1.29, 1.82) is 0 Å². The number of anilines is 1. The normalized spacial score (nSPS) is 17.6. The number of aromatic amines is 1. The van der Waals surface area contributed by atoms with Crippen molar-refractivity contribution in [3.05, 3.63) is 81.0 Å². The molecule has 6 rings (SSSR count). The highest BCUT2D eigenvalue weighted by Crippen LogP contribution is 2.52. The van der Waals surface area contributed by atoms with Crippen molar-refractivity contribution in [1.82, 2.24) is 19.8 Å². The van der Waals surface area contributed by atoms with E-state index in [2.05, 4.69) is 25.1 Å². The fourth-order valence-electron chi connectivity index (χ4n) is 5.65. The Morgan fingerprint density at radius 1 is 1.13 bits per heavy atom. The summed E-state index contributed by atoms with van der Waals surface area (Å²) in [5.41, 5.74) is 1.48. The van der Waals surface area contributed by atoms with Gasteiger partial charge < -0.3 is 15.4 Å². The zero-order valence-electron chi connectivity index (χ0n) is 20.6. The number of carbonyl (C=O) groups is 1. The predicted octanol–water partition coefficient (Wildman–Crippen LogP) is 4.29. The van der Waals surface area contributed by atoms with Crippen LogP contribution < -0.4 is 10.7 Å². The Balaban J connectivity index is 1.11. The summed E-state index contributed by atoms with van der Waals surface area (Å²) in [6, 6.07) is 10.6. The highest BCUT2D eigenvalue weighted by atomic mass is 35.5. The summed E-state index contributed by atoms with van der Waals surface area (Å²) in [5.74, 6) is -1.79. The molecule has 0 spiro atoms. The van der Waals surface area contributed by atoms with E-state index in [0.717, 1.165) is 68.7 Å². The monoisotopic (exact) mass is 535 g/mol. The molecule has 1 saturated carbocycles. The Morgan fingerprint density at radius 2 is 1.92 bits per heavy atom. The molecule has 2 fully saturated rings. The van der Waals surface area contributed by atoms with E-state index in [1.807, 2.05) is 24.3 Å². The smallest absolute Gasteiger partial charge is 0.341 e. The number of H-pyrrole nitrogens is 1. The van der Waals surface area contributed by atoms with E-state index in [1.165, 1.54) is 12.3 Å². The second kappa shape index (κ2) is 9.65. The van der Waals surface area contributed by atoms with Crippen molar-refractivity contribution < 1.29 is 14.3 Å². The first-order valence-corrected chi connectivity index (χ1v) is 13.1. The minimum Gasteiger partial charge on any atom is -0.477 e. The number of nitrogens with one attached hydrogen (secondary N) is 2. The van der Waals surface area contributed by atoms with Crippen molar-refractivity contribution in [2.75, 3.05) is 44.6 Å². The van der Waals surface area contributed by atoms with Crippen molar-refractivity contribution in [3.8, 4) is 0 Å². The van der Waals surface area contributed by atoms with E-state index in [0.29, 0.717) is 16.1 Å². The second-order valence-corrected chi connectivity index (χ2v) is 10.5. The zero-order chi connectivity index (χ0) is 26.4. The predicted molar refractivity (Wildman–Crippen MR) is 146 cm³/mol. The molecule has 2 aromatic carbocycles. The van der Waals surface area contributed by atoms with Gasteiger partial charge in [0.1, 0.15) is 11.4 Å². The van der Waals surface area contributed by atoms with E-state index in [4.69, 9.17) is 11.6 Å². The van der Waals surface area contributed by atoms with Crippen LogP contribution in [-0.4, -0.2) is 70.1 Å². The maximum absolute atomic E-state index is 15.3. The molecule has 0 radical (unpaired) electrons. The fourth-order valence-corrected chi connectivity index (χ4v) is 5.82. The number of hydrogen-bond acceptors (Lipinski definition) is 6. The number of benzene rings is 2. The van der Waals surface area contributed by atoms with Gasteiger partial charge >= 0.3 is 5.97 Å². The van der Waals surface area contributed by atoms with Gasteiger partial charge in [-0.25, -0.2) is 9.18 Å². The SMILES string of the molecule is O=C(O)c1c[nH]c2cc(C3(N4CCN(CCNc5ccnc6cc(Cl)ccc56)CC4)CC3)c(F)cc2c1=O. The van der Waals surface area contributed by atoms with Gasteiger partial charge in [0.2, 0.25) is 5.43 Å². The number of aromatic carboxylic acids is 1.